The Labute approximate surface area is 165 Å². The Balaban J connectivity index is 1.80. The van der Waals surface area contributed by atoms with E-state index in [0.717, 1.165) is 6.42 Å². The van der Waals surface area contributed by atoms with Crippen LogP contribution in [-0.2, 0) is 14.3 Å². The minimum absolute atomic E-state index is 0.123. The van der Waals surface area contributed by atoms with Gasteiger partial charge in [0.2, 0.25) is 5.79 Å². The molecule has 4 fully saturated rings. The summed E-state index contributed by atoms with van der Waals surface area (Å²) < 4.78 is 10.6. The number of esters is 1. The van der Waals surface area contributed by atoms with Crippen molar-refractivity contribution in [2.75, 3.05) is 20.3 Å². The molecule has 5 aliphatic rings. The lowest BCUT2D eigenvalue weighted by Crippen LogP contribution is -2.76. The first kappa shape index (κ1) is 20.3. The van der Waals surface area contributed by atoms with Crippen molar-refractivity contribution in [3.05, 3.63) is 11.6 Å². The summed E-state index contributed by atoms with van der Waals surface area (Å²) >= 11 is 0. The molecule has 2 heterocycles. The van der Waals surface area contributed by atoms with Crippen LogP contribution < -0.4 is 0 Å². The lowest BCUT2D eigenvalue weighted by molar-refractivity contribution is -0.377. The molecule has 7 heteroatoms. The van der Waals surface area contributed by atoms with Crippen molar-refractivity contribution < 1.29 is 34.7 Å². The predicted octanol–water partition coefficient (Wildman–Crippen LogP) is 0.597. The second-order valence-corrected chi connectivity index (χ2v) is 9.79. The largest absolute Gasteiger partial charge is 0.469 e. The van der Waals surface area contributed by atoms with Crippen LogP contribution in [0.4, 0.5) is 0 Å². The zero-order chi connectivity index (χ0) is 20.5. The molecule has 0 aromatic heterocycles. The van der Waals surface area contributed by atoms with Crippen molar-refractivity contribution >= 4 is 5.97 Å². The number of carbonyl (C=O) groups excluding carboxylic acids is 1. The molecule has 1 spiro atoms. The topological polar surface area (TPSA) is 116 Å². The summed E-state index contributed by atoms with van der Waals surface area (Å²) in [6.45, 7) is 4.04. The maximum absolute atomic E-state index is 12.1. The van der Waals surface area contributed by atoms with E-state index in [1.807, 2.05) is 0 Å². The third kappa shape index (κ3) is 2.43. The average Bonchev–Trinajstić information content (AvgIpc) is 2.67. The van der Waals surface area contributed by atoms with E-state index < -0.39 is 35.3 Å². The quantitative estimate of drug-likeness (QED) is 0.408. The number of aliphatic hydroxyl groups is 4. The van der Waals surface area contributed by atoms with Gasteiger partial charge in [-0.05, 0) is 48.5 Å². The summed E-state index contributed by atoms with van der Waals surface area (Å²) in [5.74, 6) is -3.75. The van der Waals surface area contributed by atoms with Crippen LogP contribution in [0.15, 0.2) is 11.6 Å². The summed E-state index contributed by atoms with van der Waals surface area (Å²) in [7, 11) is 1.29. The van der Waals surface area contributed by atoms with E-state index in [4.69, 9.17) is 9.47 Å². The fraction of sp³-hybridized carbons (Fsp3) is 0.857. The molecule has 3 aliphatic carbocycles. The zero-order valence-electron chi connectivity index (χ0n) is 16.8. The molecular weight excluding hydrogens is 364 g/mol. The predicted molar refractivity (Wildman–Crippen MR) is 98.7 cm³/mol. The van der Waals surface area contributed by atoms with Crippen molar-refractivity contribution in [2.45, 2.75) is 57.5 Å². The minimum Gasteiger partial charge on any atom is -0.469 e. The average molecular weight is 396 g/mol. The number of hydrogen-bond acceptors (Lipinski definition) is 7. The highest BCUT2D eigenvalue weighted by Crippen LogP contribution is 2.68. The first-order valence-electron chi connectivity index (χ1n) is 10.3. The number of aliphatic hydroxyl groups excluding tert-OH is 3. The van der Waals surface area contributed by atoms with Crippen molar-refractivity contribution in [1.82, 2.24) is 0 Å². The Morgan fingerprint density at radius 1 is 1.32 bits per heavy atom. The Morgan fingerprint density at radius 3 is 2.68 bits per heavy atom. The van der Waals surface area contributed by atoms with E-state index in [9.17, 15) is 25.2 Å². The van der Waals surface area contributed by atoms with Crippen molar-refractivity contribution in [3.8, 4) is 0 Å². The van der Waals surface area contributed by atoms with Crippen LogP contribution in [0.2, 0.25) is 0 Å². The number of carbonyl (C=O) groups is 1. The van der Waals surface area contributed by atoms with Crippen LogP contribution in [0.3, 0.4) is 0 Å². The van der Waals surface area contributed by atoms with Gasteiger partial charge in [0.15, 0.2) is 0 Å². The lowest BCUT2D eigenvalue weighted by Gasteiger charge is -2.70. The highest BCUT2D eigenvalue weighted by Gasteiger charge is 2.73. The maximum atomic E-state index is 12.1. The van der Waals surface area contributed by atoms with E-state index in [-0.39, 0.29) is 36.4 Å². The first-order valence-corrected chi connectivity index (χ1v) is 10.3. The molecule has 1 unspecified atom stereocenters. The van der Waals surface area contributed by atoms with Gasteiger partial charge in [-0.25, -0.2) is 0 Å². The summed E-state index contributed by atoms with van der Waals surface area (Å²) in [6.07, 6.45) is 2.72. The SMILES string of the molecule is COC(=O)C(CO)[C@H]1C=C2[C@@H](CC1)[C@@]13CO[C@@]2(O)[C@@H](O)[C@@H]1C(C)(C)CC[C@@H]3O. The minimum atomic E-state index is -1.82. The van der Waals surface area contributed by atoms with E-state index in [0.29, 0.717) is 24.8 Å². The van der Waals surface area contributed by atoms with Crippen LogP contribution in [0.25, 0.3) is 0 Å². The maximum Gasteiger partial charge on any atom is 0.311 e. The van der Waals surface area contributed by atoms with Crippen LogP contribution in [0.1, 0.15) is 39.5 Å². The molecule has 158 valence electrons. The van der Waals surface area contributed by atoms with Gasteiger partial charge < -0.3 is 29.9 Å². The number of ether oxygens (including phenoxy) is 2. The molecule has 2 aliphatic heterocycles. The van der Waals surface area contributed by atoms with Crippen LogP contribution in [0, 0.1) is 34.5 Å². The van der Waals surface area contributed by atoms with Gasteiger partial charge in [0.1, 0.15) is 6.10 Å². The molecule has 2 saturated heterocycles. The molecule has 28 heavy (non-hydrogen) atoms. The second kappa shape index (κ2) is 6.51. The molecule has 7 nitrogen and oxygen atoms in total. The Hall–Kier alpha value is -0.990. The monoisotopic (exact) mass is 396 g/mol. The second-order valence-electron chi connectivity index (χ2n) is 9.79. The normalized spacial score (nSPS) is 47.5. The highest BCUT2D eigenvalue weighted by molar-refractivity contribution is 5.73. The van der Waals surface area contributed by atoms with Gasteiger partial charge in [-0.3, -0.25) is 4.79 Å². The van der Waals surface area contributed by atoms with Crippen molar-refractivity contribution in [1.29, 1.82) is 0 Å². The third-order valence-electron chi connectivity index (χ3n) is 8.20. The molecule has 2 saturated carbocycles. The molecule has 2 bridgehead atoms. The van der Waals surface area contributed by atoms with E-state index in [1.54, 1.807) is 6.08 Å². The first-order chi connectivity index (χ1) is 13.1. The summed E-state index contributed by atoms with van der Waals surface area (Å²) in [4.78, 5) is 12.1. The van der Waals surface area contributed by atoms with Gasteiger partial charge in [-0.1, -0.05) is 19.9 Å². The van der Waals surface area contributed by atoms with Gasteiger partial charge in [-0.2, -0.15) is 0 Å². The fourth-order valence-corrected chi connectivity index (χ4v) is 6.85. The summed E-state index contributed by atoms with van der Waals surface area (Å²) in [5, 5.41) is 43.4. The smallest absolute Gasteiger partial charge is 0.311 e. The van der Waals surface area contributed by atoms with Gasteiger partial charge >= 0.3 is 5.97 Å². The van der Waals surface area contributed by atoms with Crippen molar-refractivity contribution in [3.63, 3.8) is 0 Å². The lowest BCUT2D eigenvalue weighted by atomic mass is 9.41. The van der Waals surface area contributed by atoms with E-state index in [1.165, 1.54) is 7.11 Å². The number of fused-ring (bicyclic) bond motifs is 1. The standard InChI is InChI=1S/C21H32O7/c1-19(2)7-6-15(23)20-10-28-21(26,17(24)16(19)20)14-8-11(4-5-13(14)20)12(9-22)18(25)27-3/h8,11-13,15-17,22-24,26H,4-7,9-10H2,1-3H3/t11-,12?,13-,15+,16-,17+,20-,21-/m1/s1. The van der Waals surface area contributed by atoms with Gasteiger partial charge in [0.05, 0.1) is 32.3 Å². The van der Waals surface area contributed by atoms with Gasteiger partial charge in [-0.15, -0.1) is 0 Å². The number of allylic oxidation sites excluding steroid dienone is 1. The van der Waals surface area contributed by atoms with E-state index >= 15 is 0 Å². The molecule has 0 amide bonds. The highest BCUT2D eigenvalue weighted by atomic mass is 16.6. The van der Waals surface area contributed by atoms with E-state index in [2.05, 4.69) is 13.8 Å². The van der Waals surface area contributed by atoms with Crippen LogP contribution in [-0.4, -0.2) is 64.7 Å². The fourth-order valence-electron chi connectivity index (χ4n) is 6.85. The Morgan fingerprint density at radius 2 is 2.04 bits per heavy atom. The number of rotatable bonds is 3. The van der Waals surface area contributed by atoms with Crippen molar-refractivity contribution in [2.24, 2.45) is 34.5 Å². The molecular formula is C21H32O7. The summed E-state index contributed by atoms with van der Waals surface area (Å²) in [6, 6.07) is 0. The molecule has 8 atom stereocenters. The molecule has 0 aromatic carbocycles. The van der Waals surface area contributed by atoms with Crippen LogP contribution >= 0.6 is 0 Å². The molecule has 0 radical (unpaired) electrons. The third-order valence-corrected chi connectivity index (χ3v) is 8.20. The van der Waals surface area contributed by atoms with Crippen LogP contribution in [0.5, 0.6) is 0 Å². The Bertz CT molecular complexity index is 688. The number of methoxy groups -OCH3 is 1. The zero-order valence-corrected chi connectivity index (χ0v) is 16.8. The molecule has 5 rings (SSSR count). The van der Waals surface area contributed by atoms with Gasteiger partial charge in [0.25, 0.3) is 0 Å². The Kier molecular flexibility index (Phi) is 4.71. The summed E-state index contributed by atoms with van der Waals surface area (Å²) in [5.41, 5.74) is -0.334. The molecule has 0 aromatic rings. The number of hydrogen-bond donors (Lipinski definition) is 4. The molecule has 4 N–H and O–H groups in total. The van der Waals surface area contributed by atoms with Gasteiger partial charge in [0, 0.05) is 11.3 Å².